The summed E-state index contributed by atoms with van der Waals surface area (Å²) in [5, 5.41) is 11.5. The summed E-state index contributed by atoms with van der Waals surface area (Å²) in [6.07, 6.45) is 0. The van der Waals surface area contributed by atoms with Gasteiger partial charge in [-0.05, 0) is 24.3 Å². The molecular formula is C14H13N5O. The fourth-order valence-corrected chi connectivity index (χ4v) is 1.36. The monoisotopic (exact) mass is 267 g/mol. The number of benzene rings is 2. The van der Waals surface area contributed by atoms with Gasteiger partial charge in [-0.15, -0.1) is 15.3 Å². The lowest BCUT2D eigenvalue weighted by molar-refractivity contribution is -0.112. The predicted octanol–water partition coefficient (Wildman–Crippen LogP) is 2.68. The van der Waals surface area contributed by atoms with Gasteiger partial charge >= 0.3 is 0 Å². The number of azo groups is 1. The Morgan fingerprint density at radius 3 is 2.15 bits per heavy atom. The number of amides is 1. The van der Waals surface area contributed by atoms with E-state index in [0.717, 1.165) is 5.69 Å². The van der Waals surface area contributed by atoms with Gasteiger partial charge < -0.3 is 5.73 Å². The largest absolute Gasteiger partial charge is 0.363 e. The van der Waals surface area contributed by atoms with Gasteiger partial charge in [0, 0.05) is 0 Å². The van der Waals surface area contributed by atoms with Crippen LogP contribution in [0.3, 0.4) is 0 Å². The van der Waals surface area contributed by atoms with E-state index in [4.69, 9.17) is 5.73 Å². The Morgan fingerprint density at radius 2 is 1.55 bits per heavy atom. The van der Waals surface area contributed by atoms with Crippen molar-refractivity contribution in [1.29, 1.82) is 0 Å². The SMILES string of the molecule is NC(=O)/C(N=Nc1ccccc1)=N\Nc1ccccc1. The first kappa shape index (κ1) is 13.4. The summed E-state index contributed by atoms with van der Waals surface area (Å²) < 4.78 is 0. The molecule has 6 nitrogen and oxygen atoms in total. The quantitative estimate of drug-likeness (QED) is 0.387. The molecule has 2 rings (SSSR count). The molecule has 0 saturated heterocycles. The number of para-hydroxylation sites is 1. The zero-order valence-electron chi connectivity index (χ0n) is 10.6. The van der Waals surface area contributed by atoms with Crippen molar-refractivity contribution >= 4 is 23.1 Å². The maximum atomic E-state index is 11.2. The average molecular weight is 267 g/mol. The second kappa shape index (κ2) is 6.79. The fraction of sp³-hybridized carbons (Fsp3) is 0. The zero-order chi connectivity index (χ0) is 14.2. The minimum Gasteiger partial charge on any atom is -0.363 e. The van der Waals surface area contributed by atoms with Crippen LogP contribution in [0, 0.1) is 0 Å². The second-order valence-electron chi connectivity index (χ2n) is 3.81. The van der Waals surface area contributed by atoms with Crippen molar-refractivity contribution in [2.75, 3.05) is 5.43 Å². The minimum atomic E-state index is -0.756. The highest BCUT2D eigenvalue weighted by Gasteiger charge is 2.05. The van der Waals surface area contributed by atoms with E-state index in [1.54, 1.807) is 24.3 Å². The molecular weight excluding hydrogens is 254 g/mol. The third kappa shape index (κ3) is 4.02. The number of nitrogens with two attached hydrogens (primary N) is 1. The van der Waals surface area contributed by atoms with Gasteiger partial charge in [-0.1, -0.05) is 36.4 Å². The summed E-state index contributed by atoms with van der Waals surface area (Å²) in [7, 11) is 0. The van der Waals surface area contributed by atoms with Gasteiger partial charge in [-0.3, -0.25) is 10.2 Å². The van der Waals surface area contributed by atoms with Gasteiger partial charge in [0.25, 0.3) is 11.7 Å². The van der Waals surface area contributed by atoms with E-state index >= 15 is 0 Å². The van der Waals surface area contributed by atoms with E-state index in [1.807, 2.05) is 36.4 Å². The summed E-state index contributed by atoms with van der Waals surface area (Å²) in [5.41, 5.74) is 9.23. The molecule has 0 aliphatic carbocycles. The topological polar surface area (TPSA) is 92.2 Å². The highest BCUT2D eigenvalue weighted by atomic mass is 16.1. The predicted molar refractivity (Wildman–Crippen MR) is 77.7 cm³/mol. The smallest absolute Gasteiger partial charge is 0.290 e. The summed E-state index contributed by atoms with van der Waals surface area (Å²) in [6, 6.07) is 18.2. The van der Waals surface area contributed by atoms with Crippen molar-refractivity contribution in [2.45, 2.75) is 0 Å². The Kier molecular flexibility index (Phi) is 4.55. The number of rotatable bonds is 3. The van der Waals surface area contributed by atoms with Crippen molar-refractivity contribution in [3.8, 4) is 0 Å². The van der Waals surface area contributed by atoms with E-state index < -0.39 is 5.91 Å². The van der Waals surface area contributed by atoms with Crippen LogP contribution in [0.4, 0.5) is 11.4 Å². The first-order valence-electron chi connectivity index (χ1n) is 5.91. The van der Waals surface area contributed by atoms with Crippen molar-refractivity contribution in [3.05, 3.63) is 60.7 Å². The van der Waals surface area contributed by atoms with Crippen molar-refractivity contribution in [2.24, 2.45) is 21.1 Å². The van der Waals surface area contributed by atoms with Crippen LogP contribution in [0.15, 0.2) is 76.0 Å². The number of anilines is 1. The highest BCUT2D eigenvalue weighted by molar-refractivity contribution is 6.37. The second-order valence-corrected chi connectivity index (χ2v) is 3.81. The number of amidine groups is 1. The van der Waals surface area contributed by atoms with Crippen molar-refractivity contribution in [3.63, 3.8) is 0 Å². The Morgan fingerprint density at radius 1 is 0.950 bits per heavy atom. The molecule has 100 valence electrons. The maximum Gasteiger partial charge on any atom is 0.290 e. The molecule has 0 aliphatic heterocycles. The average Bonchev–Trinajstić information content (AvgIpc) is 2.49. The number of carbonyl (C=O) groups excluding carboxylic acids is 1. The van der Waals surface area contributed by atoms with Crippen LogP contribution < -0.4 is 11.2 Å². The molecule has 2 aromatic carbocycles. The molecule has 0 radical (unpaired) electrons. The Hall–Kier alpha value is -3.02. The van der Waals surface area contributed by atoms with E-state index in [2.05, 4.69) is 20.8 Å². The van der Waals surface area contributed by atoms with E-state index in [9.17, 15) is 4.79 Å². The lowest BCUT2D eigenvalue weighted by Gasteiger charge is -1.99. The van der Waals surface area contributed by atoms with E-state index in [0.29, 0.717) is 5.69 Å². The number of hydrogen-bond donors (Lipinski definition) is 2. The molecule has 0 fully saturated rings. The zero-order valence-corrected chi connectivity index (χ0v) is 10.6. The fourth-order valence-electron chi connectivity index (χ4n) is 1.36. The molecule has 3 N–H and O–H groups in total. The molecule has 0 unspecified atom stereocenters. The Labute approximate surface area is 116 Å². The molecule has 6 heteroatoms. The first-order valence-corrected chi connectivity index (χ1v) is 5.91. The summed E-state index contributed by atoms with van der Waals surface area (Å²) in [5.74, 6) is -0.953. The molecule has 0 heterocycles. The maximum absolute atomic E-state index is 11.2. The van der Waals surface area contributed by atoms with Gasteiger partial charge in [0.15, 0.2) is 0 Å². The molecule has 1 amide bonds. The first-order chi connectivity index (χ1) is 9.75. The van der Waals surface area contributed by atoms with Crippen LogP contribution in [-0.4, -0.2) is 11.7 Å². The minimum absolute atomic E-state index is 0.197. The Balaban J connectivity index is 2.11. The molecule has 0 bridgehead atoms. The number of carbonyl (C=O) groups is 1. The molecule has 2 aromatic rings. The third-order valence-corrected chi connectivity index (χ3v) is 2.30. The summed E-state index contributed by atoms with van der Waals surface area (Å²) >= 11 is 0. The number of nitrogens with one attached hydrogen (secondary N) is 1. The summed E-state index contributed by atoms with van der Waals surface area (Å²) in [6.45, 7) is 0. The van der Waals surface area contributed by atoms with E-state index in [-0.39, 0.29) is 5.84 Å². The lowest BCUT2D eigenvalue weighted by Crippen LogP contribution is -2.22. The standard InChI is InChI=1S/C14H13N5O/c15-13(20)14(18-16-11-7-3-1-4-8-11)19-17-12-9-5-2-6-10-12/h1-10,16H,(H2,15,20)/b18-14+,19-17?. The normalized spacial score (nSPS) is 11.5. The summed E-state index contributed by atoms with van der Waals surface area (Å²) in [4.78, 5) is 11.2. The third-order valence-electron chi connectivity index (χ3n) is 2.30. The molecule has 0 spiro atoms. The van der Waals surface area contributed by atoms with Crippen LogP contribution in [0.1, 0.15) is 0 Å². The number of hydrazone groups is 1. The van der Waals surface area contributed by atoms with Gasteiger partial charge in [-0.25, -0.2) is 0 Å². The molecule has 0 aromatic heterocycles. The lowest BCUT2D eigenvalue weighted by atomic mass is 10.3. The van der Waals surface area contributed by atoms with Crippen LogP contribution in [0.2, 0.25) is 0 Å². The number of nitrogens with zero attached hydrogens (tertiary/aromatic N) is 3. The van der Waals surface area contributed by atoms with Crippen LogP contribution >= 0.6 is 0 Å². The van der Waals surface area contributed by atoms with Gasteiger partial charge in [0.1, 0.15) is 0 Å². The van der Waals surface area contributed by atoms with Crippen LogP contribution in [-0.2, 0) is 4.79 Å². The number of primary amides is 1. The van der Waals surface area contributed by atoms with Gasteiger partial charge in [0.2, 0.25) is 0 Å². The molecule has 0 atom stereocenters. The Bertz CT molecular complexity index is 623. The van der Waals surface area contributed by atoms with Crippen molar-refractivity contribution in [1.82, 2.24) is 0 Å². The van der Waals surface area contributed by atoms with E-state index in [1.165, 1.54) is 0 Å². The number of hydrogen-bond acceptors (Lipinski definition) is 4. The van der Waals surface area contributed by atoms with Crippen molar-refractivity contribution < 1.29 is 4.79 Å². The van der Waals surface area contributed by atoms with Crippen LogP contribution in [0.5, 0.6) is 0 Å². The highest BCUT2D eigenvalue weighted by Crippen LogP contribution is 2.10. The van der Waals surface area contributed by atoms with Gasteiger partial charge in [-0.2, -0.15) is 0 Å². The molecule has 20 heavy (non-hydrogen) atoms. The van der Waals surface area contributed by atoms with Gasteiger partial charge in [0.05, 0.1) is 11.4 Å². The molecule has 0 aliphatic rings. The molecule has 0 saturated carbocycles. The van der Waals surface area contributed by atoms with Crippen LogP contribution in [0.25, 0.3) is 0 Å².